The van der Waals surface area contributed by atoms with Gasteiger partial charge < -0.3 is 10.1 Å². The van der Waals surface area contributed by atoms with Crippen molar-refractivity contribution in [2.75, 3.05) is 13.7 Å². The first-order chi connectivity index (χ1) is 9.35. The highest BCUT2D eigenvalue weighted by molar-refractivity contribution is 7.15. The normalized spacial score (nSPS) is 21.2. The van der Waals surface area contributed by atoms with Crippen molar-refractivity contribution in [3.8, 4) is 0 Å². The summed E-state index contributed by atoms with van der Waals surface area (Å²) >= 11 is 1.69. The van der Waals surface area contributed by atoms with E-state index in [2.05, 4.69) is 32.5 Å². The predicted molar refractivity (Wildman–Crippen MR) is 77.8 cm³/mol. The summed E-state index contributed by atoms with van der Waals surface area (Å²) in [5.41, 5.74) is 1.18. The molecule has 1 fully saturated rings. The van der Waals surface area contributed by atoms with Crippen molar-refractivity contribution < 1.29 is 4.74 Å². The number of ether oxygens (including phenoxy) is 1. The fourth-order valence-corrected chi connectivity index (χ4v) is 3.45. The molecule has 2 unspecified atom stereocenters. The monoisotopic (exact) mass is 279 g/mol. The van der Waals surface area contributed by atoms with Crippen molar-refractivity contribution in [1.29, 1.82) is 0 Å². The average molecular weight is 279 g/mol. The lowest BCUT2D eigenvalue weighted by atomic mass is 10.0. The lowest BCUT2D eigenvalue weighted by molar-refractivity contribution is 0.0998. The second kappa shape index (κ2) is 6.03. The number of imidazole rings is 1. The van der Waals surface area contributed by atoms with E-state index in [1.165, 1.54) is 18.5 Å². The molecule has 0 bridgehead atoms. The summed E-state index contributed by atoms with van der Waals surface area (Å²) < 4.78 is 7.79. The van der Waals surface area contributed by atoms with Gasteiger partial charge in [0.25, 0.3) is 0 Å². The molecule has 0 aromatic carbocycles. The Morgan fingerprint density at radius 1 is 1.63 bits per heavy atom. The second-order valence-electron chi connectivity index (χ2n) is 5.23. The van der Waals surface area contributed by atoms with Gasteiger partial charge in [-0.1, -0.05) is 0 Å². The molecule has 3 rings (SSSR count). The molecule has 104 valence electrons. The van der Waals surface area contributed by atoms with E-state index in [0.717, 1.165) is 30.8 Å². The van der Waals surface area contributed by atoms with Crippen molar-refractivity contribution in [2.45, 2.75) is 44.2 Å². The average Bonchev–Trinajstić information content (AvgIpc) is 3.10. The van der Waals surface area contributed by atoms with Gasteiger partial charge in [-0.05, 0) is 32.7 Å². The Labute approximate surface area is 117 Å². The topological polar surface area (TPSA) is 38.6 Å². The number of thiazole rings is 1. The highest BCUT2D eigenvalue weighted by Crippen LogP contribution is 2.19. The quantitative estimate of drug-likeness (QED) is 0.883. The van der Waals surface area contributed by atoms with E-state index in [9.17, 15) is 0 Å². The van der Waals surface area contributed by atoms with Crippen molar-refractivity contribution in [3.05, 3.63) is 23.5 Å². The largest absolute Gasteiger partial charge is 0.378 e. The summed E-state index contributed by atoms with van der Waals surface area (Å²) in [6, 6.07) is 0.494. The van der Waals surface area contributed by atoms with Crippen LogP contribution in [0.5, 0.6) is 0 Å². The third-order valence-corrected chi connectivity index (χ3v) is 4.64. The Bertz CT molecular complexity index is 487. The Morgan fingerprint density at radius 2 is 2.58 bits per heavy atom. The molecule has 1 aliphatic heterocycles. The van der Waals surface area contributed by atoms with Crippen LogP contribution in [0.2, 0.25) is 0 Å². The third kappa shape index (κ3) is 3.16. The SMILES string of the molecule is CNC(CCC1CCCO1)Cc1cn2ccsc2n1. The molecule has 2 atom stereocenters. The maximum Gasteiger partial charge on any atom is 0.193 e. The molecule has 5 heteroatoms. The number of rotatable bonds is 6. The van der Waals surface area contributed by atoms with E-state index in [-0.39, 0.29) is 0 Å². The molecule has 1 aliphatic rings. The first-order valence-electron chi connectivity index (χ1n) is 7.05. The standard InChI is InChI=1S/C14H21N3OS/c1-15-11(4-5-13-3-2-7-18-13)9-12-10-17-6-8-19-14(17)16-12/h6,8,10-11,13,15H,2-5,7,9H2,1H3. The molecule has 4 nitrogen and oxygen atoms in total. The van der Waals surface area contributed by atoms with Crippen molar-refractivity contribution in [2.24, 2.45) is 0 Å². The molecule has 0 amide bonds. The van der Waals surface area contributed by atoms with E-state index in [1.807, 2.05) is 7.05 Å². The maximum atomic E-state index is 5.69. The van der Waals surface area contributed by atoms with Crippen LogP contribution in [-0.4, -0.2) is 35.2 Å². The van der Waals surface area contributed by atoms with Crippen LogP contribution in [0.25, 0.3) is 4.96 Å². The van der Waals surface area contributed by atoms with E-state index in [0.29, 0.717) is 12.1 Å². The zero-order chi connectivity index (χ0) is 13.1. The molecule has 19 heavy (non-hydrogen) atoms. The zero-order valence-corrected chi connectivity index (χ0v) is 12.2. The molecule has 2 aromatic heterocycles. The Balaban J connectivity index is 1.54. The van der Waals surface area contributed by atoms with Crippen LogP contribution in [0.15, 0.2) is 17.8 Å². The minimum absolute atomic E-state index is 0.487. The summed E-state index contributed by atoms with van der Waals surface area (Å²) in [6.07, 6.45) is 10.5. The highest BCUT2D eigenvalue weighted by Gasteiger charge is 2.18. The smallest absolute Gasteiger partial charge is 0.193 e. The van der Waals surface area contributed by atoms with E-state index in [4.69, 9.17) is 4.74 Å². The molecule has 1 saturated heterocycles. The lowest BCUT2D eigenvalue weighted by Gasteiger charge is -2.17. The molecule has 3 heterocycles. The number of likely N-dealkylation sites (N-methyl/N-ethyl adjacent to an activating group) is 1. The van der Waals surface area contributed by atoms with Crippen LogP contribution in [0.4, 0.5) is 0 Å². The van der Waals surface area contributed by atoms with Gasteiger partial charge in [-0.2, -0.15) is 0 Å². The highest BCUT2D eigenvalue weighted by atomic mass is 32.1. The predicted octanol–water partition coefficient (Wildman–Crippen LogP) is 2.49. The number of aromatic nitrogens is 2. The Kier molecular flexibility index (Phi) is 4.15. The van der Waals surface area contributed by atoms with Crippen LogP contribution < -0.4 is 5.32 Å². The molecule has 0 aliphatic carbocycles. The second-order valence-corrected chi connectivity index (χ2v) is 6.10. The zero-order valence-electron chi connectivity index (χ0n) is 11.3. The van der Waals surface area contributed by atoms with Gasteiger partial charge >= 0.3 is 0 Å². The van der Waals surface area contributed by atoms with Crippen LogP contribution >= 0.6 is 11.3 Å². The van der Waals surface area contributed by atoms with Gasteiger partial charge in [-0.3, -0.25) is 4.40 Å². The molecular formula is C14H21N3OS. The van der Waals surface area contributed by atoms with E-state index >= 15 is 0 Å². The van der Waals surface area contributed by atoms with Crippen molar-refractivity contribution in [1.82, 2.24) is 14.7 Å². The molecular weight excluding hydrogens is 258 g/mol. The summed E-state index contributed by atoms with van der Waals surface area (Å²) in [5, 5.41) is 5.48. The van der Waals surface area contributed by atoms with Gasteiger partial charge in [0.15, 0.2) is 4.96 Å². The van der Waals surface area contributed by atoms with Gasteiger partial charge in [-0.15, -0.1) is 11.3 Å². The number of hydrogen-bond acceptors (Lipinski definition) is 4. The Hall–Kier alpha value is -0.910. The molecule has 0 saturated carbocycles. The summed E-state index contributed by atoms with van der Waals surface area (Å²) in [4.78, 5) is 5.74. The summed E-state index contributed by atoms with van der Waals surface area (Å²) in [6.45, 7) is 0.951. The Morgan fingerprint density at radius 3 is 3.32 bits per heavy atom. The van der Waals surface area contributed by atoms with Gasteiger partial charge in [-0.25, -0.2) is 4.98 Å². The molecule has 2 aromatic rings. The number of nitrogens with zero attached hydrogens (tertiary/aromatic N) is 2. The molecule has 0 radical (unpaired) electrons. The maximum absolute atomic E-state index is 5.69. The van der Waals surface area contributed by atoms with Crippen LogP contribution in [0.3, 0.4) is 0 Å². The fraction of sp³-hybridized carbons (Fsp3) is 0.643. The van der Waals surface area contributed by atoms with E-state index in [1.54, 1.807) is 11.3 Å². The lowest BCUT2D eigenvalue weighted by Crippen LogP contribution is -2.29. The third-order valence-electron chi connectivity index (χ3n) is 3.87. The fourth-order valence-electron chi connectivity index (χ4n) is 2.73. The minimum atomic E-state index is 0.487. The van der Waals surface area contributed by atoms with Crippen molar-refractivity contribution in [3.63, 3.8) is 0 Å². The first-order valence-corrected chi connectivity index (χ1v) is 7.93. The first kappa shape index (κ1) is 13.1. The van der Waals surface area contributed by atoms with Gasteiger partial charge in [0.2, 0.25) is 0 Å². The summed E-state index contributed by atoms with van der Waals surface area (Å²) in [5.74, 6) is 0. The van der Waals surface area contributed by atoms with E-state index < -0.39 is 0 Å². The molecule has 1 N–H and O–H groups in total. The number of fused-ring (bicyclic) bond motifs is 1. The van der Waals surface area contributed by atoms with Crippen LogP contribution in [0.1, 0.15) is 31.4 Å². The van der Waals surface area contributed by atoms with Gasteiger partial charge in [0.1, 0.15) is 0 Å². The van der Waals surface area contributed by atoms with Crippen LogP contribution in [0, 0.1) is 0 Å². The number of nitrogens with one attached hydrogen (secondary N) is 1. The van der Waals surface area contributed by atoms with Gasteiger partial charge in [0.05, 0.1) is 11.8 Å². The summed E-state index contributed by atoms with van der Waals surface area (Å²) in [7, 11) is 2.04. The van der Waals surface area contributed by atoms with Crippen LogP contribution in [-0.2, 0) is 11.2 Å². The number of hydrogen-bond donors (Lipinski definition) is 1. The van der Waals surface area contributed by atoms with Crippen molar-refractivity contribution >= 4 is 16.3 Å². The van der Waals surface area contributed by atoms with Gasteiger partial charge in [0, 0.05) is 36.8 Å². The minimum Gasteiger partial charge on any atom is -0.378 e. The molecule has 0 spiro atoms.